The van der Waals surface area contributed by atoms with Gasteiger partial charge in [0.2, 0.25) is 0 Å². The third-order valence-corrected chi connectivity index (χ3v) is 9.88. The third kappa shape index (κ3) is 2.21. The molecule has 5 aliphatic carbocycles. The molecule has 0 radical (unpaired) electrons. The van der Waals surface area contributed by atoms with E-state index in [-0.39, 0.29) is 28.8 Å². The van der Waals surface area contributed by atoms with E-state index in [2.05, 4.69) is 29.2 Å². The molecule has 6 heteroatoms. The molecule has 2 aliphatic heterocycles. The van der Waals surface area contributed by atoms with Crippen molar-refractivity contribution in [1.29, 1.82) is 0 Å². The fraction of sp³-hybridized carbons (Fsp3) is 0.667. The van der Waals surface area contributed by atoms with E-state index in [1.165, 1.54) is 30.5 Å². The summed E-state index contributed by atoms with van der Waals surface area (Å²) in [5.74, 6) is 1.94. The van der Waals surface area contributed by atoms with Crippen LogP contribution < -0.4 is 9.47 Å². The van der Waals surface area contributed by atoms with Gasteiger partial charge in [-0.15, -0.1) is 0 Å². The second-order valence-corrected chi connectivity index (χ2v) is 10.9. The van der Waals surface area contributed by atoms with Crippen LogP contribution in [0.3, 0.4) is 0 Å². The molecule has 0 aromatic heterocycles. The Morgan fingerprint density at radius 3 is 2.82 bits per heavy atom. The summed E-state index contributed by atoms with van der Waals surface area (Å²) in [5.41, 5.74) is 1.48. The van der Waals surface area contributed by atoms with E-state index in [9.17, 15) is 4.79 Å². The molecule has 2 saturated carbocycles. The van der Waals surface area contributed by atoms with Gasteiger partial charge in [-0.3, -0.25) is 9.69 Å². The number of piperidine rings is 1. The number of rotatable bonds is 6. The van der Waals surface area contributed by atoms with Crippen LogP contribution in [0.1, 0.15) is 43.7 Å². The summed E-state index contributed by atoms with van der Waals surface area (Å²) in [7, 11) is 3.43. The Bertz CT molecular complexity index is 1060. The maximum atomic E-state index is 13.4. The number of nitrogens with zero attached hydrogens (tertiary/aromatic N) is 1. The maximum absolute atomic E-state index is 13.4. The van der Waals surface area contributed by atoms with E-state index in [0.29, 0.717) is 12.6 Å². The summed E-state index contributed by atoms with van der Waals surface area (Å²) < 4.78 is 24.6. The molecular formula is C27H33NO5. The van der Waals surface area contributed by atoms with Crippen molar-refractivity contribution in [2.75, 3.05) is 33.9 Å². The number of carbonyl (C=O) groups excluding carboxylic acids is 1. The number of hydrogen-bond donors (Lipinski definition) is 0. The molecule has 6 atom stereocenters. The third-order valence-electron chi connectivity index (χ3n) is 9.88. The van der Waals surface area contributed by atoms with Gasteiger partial charge in [-0.05, 0) is 63.1 Å². The highest BCUT2D eigenvalue weighted by atomic mass is 16.6. The zero-order valence-electron chi connectivity index (χ0n) is 19.8. The molecule has 6 nitrogen and oxygen atoms in total. The fourth-order valence-electron chi connectivity index (χ4n) is 8.44. The monoisotopic (exact) mass is 451 g/mol. The molecule has 1 aromatic rings. The normalized spacial score (nSPS) is 41.5. The van der Waals surface area contributed by atoms with E-state index in [0.717, 1.165) is 43.2 Å². The van der Waals surface area contributed by atoms with Gasteiger partial charge in [-0.1, -0.05) is 18.2 Å². The van der Waals surface area contributed by atoms with E-state index in [4.69, 9.17) is 18.9 Å². The molecule has 0 unspecified atom stereocenters. The van der Waals surface area contributed by atoms with Gasteiger partial charge in [0.05, 0.1) is 25.0 Å². The highest BCUT2D eigenvalue weighted by molar-refractivity contribution is 5.78. The van der Waals surface area contributed by atoms with Crippen LogP contribution in [-0.4, -0.2) is 62.5 Å². The van der Waals surface area contributed by atoms with Crippen molar-refractivity contribution in [3.8, 4) is 11.5 Å². The molecule has 1 saturated heterocycles. The Kier molecular flexibility index (Phi) is 4.03. The molecule has 0 N–H and O–H groups in total. The molecule has 2 heterocycles. The van der Waals surface area contributed by atoms with Gasteiger partial charge in [0.15, 0.2) is 11.5 Å². The van der Waals surface area contributed by atoms with Crippen molar-refractivity contribution in [3.63, 3.8) is 0 Å². The molecule has 0 amide bonds. The minimum absolute atomic E-state index is 0.165. The first-order valence-corrected chi connectivity index (χ1v) is 12.6. The zero-order valence-corrected chi connectivity index (χ0v) is 19.8. The van der Waals surface area contributed by atoms with Crippen molar-refractivity contribution < 1.29 is 23.7 Å². The highest BCUT2D eigenvalue weighted by Gasteiger charge is 2.80. The number of methoxy groups -OCH3 is 2. The van der Waals surface area contributed by atoms with Crippen LogP contribution in [0.15, 0.2) is 24.3 Å². The van der Waals surface area contributed by atoms with Gasteiger partial charge in [0, 0.05) is 30.7 Å². The van der Waals surface area contributed by atoms with E-state index >= 15 is 0 Å². The van der Waals surface area contributed by atoms with Crippen molar-refractivity contribution in [3.05, 3.63) is 35.4 Å². The van der Waals surface area contributed by atoms with Crippen LogP contribution in [0.25, 0.3) is 0 Å². The SMILES string of the molecule is CCOC(=O)[C@H]1C[C@]23C=C[C@]1(OC)[C@@H]1Oc4c(OC)ccc5c4[C@@]12CCN(CC1CC1)[C@@H]3C5. The van der Waals surface area contributed by atoms with Crippen LogP contribution >= 0.6 is 0 Å². The summed E-state index contributed by atoms with van der Waals surface area (Å²) >= 11 is 0. The maximum Gasteiger partial charge on any atom is 0.312 e. The van der Waals surface area contributed by atoms with Crippen LogP contribution in [0.2, 0.25) is 0 Å². The first-order valence-electron chi connectivity index (χ1n) is 12.6. The number of hydrogen-bond acceptors (Lipinski definition) is 6. The Balaban J connectivity index is 1.47. The standard InChI is InChI=1S/C27H33NO5/c1-4-32-23(29)18-14-25-9-10-27(18,31-3)24-26(25)11-12-28(15-16-5-6-16)20(25)13-17-7-8-19(30-2)22(33-24)21(17)26/h7-10,16,18,20,24H,4-6,11-15H2,1-3H3/t18-,20-,24-,25+,26+,27-/m1/s1. The van der Waals surface area contributed by atoms with Gasteiger partial charge < -0.3 is 18.9 Å². The lowest BCUT2D eigenvalue weighted by Gasteiger charge is -2.70. The minimum atomic E-state index is -0.837. The first-order chi connectivity index (χ1) is 16.0. The molecule has 7 aliphatic rings. The average molecular weight is 452 g/mol. The van der Waals surface area contributed by atoms with Crippen LogP contribution in [0, 0.1) is 17.3 Å². The van der Waals surface area contributed by atoms with Crippen molar-refractivity contribution in [2.45, 2.75) is 62.2 Å². The average Bonchev–Trinajstić information content (AvgIpc) is 3.57. The second kappa shape index (κ2) is 6.54. The predicted molar refractivity (Wildman–Crippen MR) is 122 cm³/mol. The number of benzene rings is 1. The van der Waals surface area contributed by atoms with Crippen molar-refractivity contribution >= 4 is 5.97 Å². The molecule has 8 rings (SSSR count). The quantitative estimate of drug-likeness (QED) is 0.489. The van der Waals surface area contributed by atoms with E-state index in [1.807, 2.05) is 6.92 Å². The topological polar surface area (TPSA) is 57.2 Å². The molecular weight excluding hydrogens is 418 g/mol. The summed E-state index contributed by atoms with van der Waals surface area (Å²) in [6.07, 6.45) is 9.76. The first kappa shape index (κ1) is 20.3. The van der Waals surface area contributed by atoms with Crippen molar-refractivity contribution in [1.82, 2.24) is 4.90 Å². The van der Waals surface area contributed by atoms with Gasteiger partial charge in [-0.25, -0.2) is 0 Å². The van der Waals surface area contributed by atoms with Gasteiger partial charge in [0.25, 0.3) is 0 Å². The van der Waals surface area contributed by atoms with Crippen molar-refractivity contribution in [2.24, 2.45) is 17.3 Å². The van der Waals surface area contributed by atoms with E-state index in [1.54, 1.807) is 14.2 Å². The van der Waals surface area contributed by atoms with Crippen LogP contribution in [-0.2, 0) is 26.1 Å². The number of likely N-dealkylation sites (tertiary alicyclic amines) is 1. The smallest absolute Gasteiger partial charge is 0.312 e. The van der Waals surface area contributed by atoms with Crippen LogP contribution in [0.5, 0.6) is 11.5 Å². The number of esters is 1. The minimum Gasteiger partial charge on any atom is -0.493 e. The van der Waals surface area contributed by atoms with Crippen LogP contribution in [0.4, 0.5) is 0 Å². The lowest BCUT2D eigenvalue weighted by Crippen LogP contribution is -2.80. The molecule has 3 fully saturated rings. The number of ether oxygens (including phenoxy) is 4. The molecule has 1 aromatic carbocycles. The van der Waals surface area contributed by atoms with E-state index < -0.39 is 5.60 Å². The Labute approximate surface area is 195 Å². The van der Waals surface area contributed by atoms with Gasteiger partial charge >= 0.3 is 5.97 Å². The Morgan fingerprint density at radius 1 is 1.24 bits per heavy atom. The molecule has 2 spiro atoms. The number of carbonyl (C=O) groups is 1. The zero-order chi connectivity index (χ0) is 22.6. The Hall–Kier alpha value is -2.05. The largest absolute Gasteiger partial charge is 0.493 e. The second-order valence-electron chi connectivity index (χ2n) is 10.9. The highest BCUT2D eigenvalue weighted by Crippen LogP contribution is 2.74. The summed E-state index contributed by atoms with van der Waals surface area (Å²) in [6, 6.07) is 4.66. The summed E-state index contributed by atoms with van der Waals surface area (Å²) in [6.45, 7) is 4.48. The predicted octanol–water partition coefficient (Wildman–Crippen LogP) is 3.26. The summed E-state index contributed by atoms with van der Waals surface area (Å²) in [4.78, 5) is 16.1. The molecule has 4 bridgehead atoms. The van der Waals surface area contributed by atoms with Gasteiger partial charge in [0.1, 0.15) is 11.7 Å². The summed E-state index contributed by atoms with van der Waals surface area (Å²) in [5, 5.41) is 0. The van der Waals surface area contributed by atoms with Gasteiger partial charge in [-0.2, -0.15) is 0 Å². The Morgan fingerprint density at radius 2 is 2.09 bits per heavy atom. The lowest BCUT2D eigenvalue weighted by molar-refractivity contribution is -0.223. The fourth-order valence-corrected chi connectivity index (χ4v) is 8.44. The molecule has 33 heavy (non-hydrogen) atoms. The number of fused-ring (bicyclic) bond motifs is 1. The molecule has 176 valence electrons. The lowest BCUT2D eigenvalue weighted by atomic mass is 9.37.